The number of halogens is 3. The number of aromatic nitrogens is 1. The average Bonchev–Trinajstić information content (AvgIpc) is 2.58. The second-order valence-electron chi connectivity index (χ2n) is 6.97. The number of anilines is 1. The van der Waals surface area contributed by atoms with Gasteiger partial charge in [0.15, 0.2) is 0 Å². The lowest BCUT2D eigenvalue weighted by atomic mass is 9.92. The Morgan fingerprint density at radius 2 is 2.12 bits per heavy atom. The maximum atomic E-state index is 13.1. The largest absolute Gasteiger partial charge is 0.416 e. The Morgan fingerprint density at radius 1 is 1.35 bits per heavy atom. The minimum absolute atomic E-state index is 0.311. The van der Waals surface area contributed by atoms with Crippen molar-refractivity contribution in [3.63, 3.8) is 0 Å². The van der Waals surface area contributed by atoms with Crippen LogP contribution in [0.15, 0.2) is 24.3 Å². The molecule has 4 nitrogen and oxygen atoms in total. The number of rotatable bonds is 4. The van der Waals surface area contributed by atoms with Crippen molar-refractivity contribution in [2.24, 2.45) is 11.7 Å². The van der Waals surface area contributed by atoms with Gasteiger partial charge in [-0.2, -0.15) is 13.2 Å². The molecule has 2 N–H and O–H groups in total. The Balaban J connectivity index is 1.96. The number of fused-ring (bicyclic) bond motifs is 1. The van der Waals surface area contributed by atoms with Gasteiger partial charge >= 0.3 is 6.18 Å². The quantitative estimate of drug-likeness (QED) is 0.889. The van der Waals surface area contributed by atoms with Crippen LogP contribution in [-0.4, -0.2) is 24.0 Å². The van der Waals surface area contributed by atoms with E-state index < -0.39 is 11.7 Å². The third kappa shape index (κ3) is 4.08. The molecule has 0 saturated carbocycles. The summed E-state index contributed by atoms with van der Waals surface area (Å²) >= 11 is 0. The normalized spacial score (nSPS) is 18.3. The smallest absolute Gasteiger partial charge is 0.371 e. The third-order valence-corrected chi connectivity index (χ3v) is 4.90. The highest BCUT2D eigenvalue weighted by Crippen LogP contribution is 2.36. The van der Waals surface area contributed by atoms with Gasteiger partial charge in [-0.25, -0.2) is 0 Å². The lowest BCUT2D eigenvalue weighted by Gasteiger charge is -2.35. The maximum absolute atomic E-state index is 13.1. The van der Waals surface area contributed by atoms with Crippen LogP contribution in [0.2, 0.25) is 0 Å². The highest BCUT2D eigenvalue weighted by atomic mass is 19.4. The lowest BCUT2D eigenvalue weighted by Crippen LogP contribution is -2.36. The minimum Gasteiger partial charge on any atom is -0.371 e. The van der Waals surface area contributed by atoms with Gasteiger partial charge in [-0.15, -0.1) is 0 Å². The molecule has 2 heterocycles. The summed E-state index contributed by atoms with van der Waals surface area (Å²) < 4.78 is 39.4. The summed E-state index contributed by atoms with van der Waals surface area (Å²) in [5.74, 6) is -0.00674. The Hall–Kier alpha value is -2.31. The number of carbonyl (C=O) groups is 1. The van der Waals surface area contributed by atoms with Crippen molar-refractivity contribution < 1.29 is 18.0 Å². The summed E-state index contributed by atoms with van der Waals surface area (Å²) in [5, 5.41) is 0.515. The predicted octanol–water partition coefficient (Wildman–Crippen LogP) is 4.04. The molecule has 0 unspecified atom stereocenters. The number of primary amides is 1. The molecular weight excluding hydrogens is 343 g/mol. The van der Waals surface area contributed by atoms with Crippen molar-refractivity contribution in [3.8, 4) is 0 Å². The molecule has 0 aliphatic carbocycles. The van der Waals surface area contributed by atoms with Gasteiger partial charge in [0.2, 0.25) is 5.91 Å². The number of benzene rings is 1. The predicted molar refractivity (Wildman–Crippen MR) is 94.8 cm³/mol. The van der Waals surface area contributed by atoms with Gasteiger partial charge in [0, 0.05) is 36.3 Å². The first kappa shape index (κ1) is 18.5. The Kier molecular flexibility index (Phi) is 5.07. The molecule has 140 valence electrons. The van der Waals surface area contributed by atoms with Crippen LogP contribution in [0.25, 0.3) is 10.9 Å². The van der Waals surface area contributed by atoms with E-state index in [0.717, 1.165) is 36.8 Å². The number of hydrogen-bond acceptors (Lipinski definition) is 3. The van der Waals surface area contributed by atoms with E-state index in [1.54, 1.807) is 0 Å². The summed E-state index contributed by atoms with van der Waals surface area (Å²) in [7, 11) is 0. The van der Waals surface area contributed by atoms with Crippen LogP contribution < -0.4 is 10.6 Å². The molecule has 26 heavy (non-hydrogen) atoms. The molecule has 0 bridgehead atoms. The summed E-state index contributed by atoms with van der Waals surface area (Å²) in [6.45, 7) is 3.33. The molecule has 1 aliphatic rings. The number of alkyl halides is 3. The zero-order chi connectivity index (χ0) is 18.9. The highest BCUT2D eigenvalue weighted by molar-refractivity contribution is 5.92. The SMILES string of the molecule is Cc1cc(N2CCC[C@@H](CCC(N)=O)C2)c2cc(C(F)(F)F)ccc2n1. The molecule has 1 saturated heterocycles. The van der Waals surface area contributed by atoms with E-state index in [9.17, 15) is 18.0 Å². The topological polar surface area (TPSA) is 59.2 Å². The molecule has 2 aromatic rings. The molecule has 1 aromatic carbocycles. The van der Waals surface area contributed by atoms with Crippen molar-refractivity contribution in [1.29, 1.82) is 0 Å². The lowest BCUT2D eigenvalue weighted by molar-refractivity contribution is -0.137. The van der Waals surface area contributed by atoms with Gasteiger partial charge in [-0.1, -0.05) is 0 Å². The van der Waals surface area contributed by atoms with Crippen LogP contribution in [0.4, 0.5) is 18.9 Å². The van der Waals surface area contributed by atoms with Gasteiger partial charge in [0.25, 0.3) is 0 Å². The number of hydrogen-bond donors (Lipinski definition) is 1. The first-order valence-electron chi connectivity index (χ1n) is 8.76. The van der Waals surface area contributed by atoms with Crippen molar-refractivity contribution in [2.45, 2.75) is 38.8 Å². The van der Waals surface area contributed by atoms with E-state index >= 15 is 0 Å². The van der Waals surface area contributed by atoms with Crippen molar-refractivity contribution >= 4 is 22.5 Å². The molecule has 0 spiro atoms. The summed E-state index contributed by atoms with van der Waals surface area (Å²) in [4.78, 5) is 17.5. The van der Waals surface area contributed by atoms with Crippen LogP contribution in [0.1, 0.15) is 36.9 Å². The molecule has 1 amide bonds. The highest BCUT2D eigenvalue weighted by Gasteiger charge is 2.31. The molecule has 0 radical (unpaired) electrons. The zero-order valence-corrected chi connectivity index (χ0v) is 14.6. The third-order valence-electron chi connectivity index (χ3n) is 4.90. The number of nitrogens with zero attached hydrogens (tertiary/aromatic N) is 2. The van der Waals surface area contributed by atoms with E-state index in [-0.39, 0.29) is 5.91 Å². The first-order chi connectivity index (χ1) is 12.2. The Labute approximate surface area is 150 Å². The summed E-state index contributed by atoms with van der Waals surface area (Å²) in [6.07, 6.45) is -1.40. The molecule has 3 rings (SSSR count). The summed E-state index contributed by atoms with van der Waals surface area (Å²) in [6, 6.07) is 5.54. The van der Waals surface area contributed by atoms with E-state index in [1.807, 2.05) is 13.0 Å². The van der Waals surface area contributed by atoms with E-state index in [1.165, 1.54) is 12.1 Å². The van der Waals surface area contributed by atoms with Crippen molar-refractivity contribution in [1.82, 2.24) is 4.98 Å². The summed E-state index contributed by atoms with van der Waals surface area (Å²) in [5.41, 5.74) is 6.68. The van der Waals surface area contributed by atoms with Crippen LogP contribution in [-0.2, 0) is 11.0 Å². The Bertz CT molecular complexity index is 820. The fraction of sp³-hybridized carbons (Fsp3) is 0.474. The average molecular weight is 365 g/mol. The number of pyridine rings is 1. The number of aryl methyl sites for hydroxylation is 1. The van der Waals surface area contributed by atoms with Gasteiger partial charge in [0.1, 0.15) is 0 Å². The molecule has 1 fully saturated rings. The van der Waals surface area contributed by atoms with Gasteiger partial charge < -0.3 is 10.6 Å². The number of amides is 1. The molecule has 7 heteroatoms. The fourth-order valence-electron chi connectivity index (χ4n) is 3.64. The maximum Gasteiger partial charge on any atom is 0.416 e. The van der Waals surface area contributed by atoms with Gasteiger partial charge in [-0.3, -0.25) is 9.78 Å². The second kappa shape index (κ2) is 7.13. The number of piperidine rings is 1. The van der Waals surface area contributed by atoms with E-state index in [0.29, 0.717) is 36.2 Å². The van der Waals surface area contributed by atoms with Crippen molar-refractivity contribution in [2.75, 3.05) is 18.0 Å². The van der Waals surface area contributed by atoms with Gasteiger partial charge in [-0.05, 0) is 56.4 Å². The zero-order valence-electron chi connectivity index (χ0n) is 14.6. The standard InChI is InChI=1S/C19H22F3N3O/c1-12-9-17(25-8-2-3-13(11-25)4-7-18(23)26)15-10-14(19(20,21)22)5-6-16(15)24-12/h5-6,9-10,13H,2-4,7-8,11H2,1H3,(H2,23,26)/t13-/m0/s1. The van der Waals surface area contributed by atoms with E-state index in [4.69, 9.17) is 5.73 Å². The number of carbonyl (C=O) groups excluding carboxylic acids is 1. The molecular formula is C19H22F3N3O. The molecule has 1 aromatic heterocycles. The number of nitrogens with two attached hydrogens (primary N) is 1. The fourth-order valence-corrected chi connectivity index (χ4v) is 3.64. The molecule has 1 atom stereocenters. The van der Waals surface area contributed by atoms with Crippen LogP contribution >= 0.6 is 0 Å². The van der Waals surface area contributed by atoms with Crippen LogP contribution in [0, 0.1) is 12.8 Å². The van der Waals surface area contributed by atoms with Crippen LogP contribution in [0.3, 0.4) is 0 Å². The van der Waals surface area contributed by atoms with Crippen LogP contribution in [0.5, 0.6) is 0 Å². The van der Waals surface area contributed by atoms with Crippen molar-refractivity contribution in [3.05, 3.63) is 35.5 Å². The van der Waals surface area contributed by atoms with Gasteiger partial charge in [0.05, 0.1) is 11.1 Å². The second-order valence-corrected chi connectivity index (χ2v) is 6.97. The first-order valence-corrected chi connectivity index (χ1v) is 8.76. The monoisotopic (exact) mass is 365 g/mol. The van der Waals surface area contributed by atoms with E-state index in [2.05, 4.69) is 9.88 Å². The minimum atomic E-state index is -4.39. The molecule has 1 aliphatic heterocycles. The Morgan fingerprint density at radius 3 is 2.81 bits per heavy atom.